The molecule has 2 aromatic rings. The van der Waals surface area contributed by atoms with Crippen LogP contribution in [-0.2, 0) is 6.42 Å². The fourth-order valence-electron chi connectivity index (χ4n) is 2.09. The van der Waals surface area contributed by atoms with Crippen LogP contribution in [0.5, 0.6) is 0 Å². The molecule has 0 bridgehead atoms. The molecule has 0 atom stereocenters. The molecular weight excluding hydrogens is 269 g/mol. The van der Waals surface area contributed by atoms with Crippen molar-refractivity contribution < 1.29 is 14.3 Å². The molecule has 2 rings (SSSR count). The van der Waals surface area contributed by atoms with Gasteiger partial charge in [-0.25, -0.2) is 4.39 Å². The van der Waals surface area contributed by atoms with Gasteiger partial charge in [0, 0.05) is 12.3 Å². The number of benzene rings is 2. The molecule has 0 spiro atoms. The molecule has 3 nitrogen and oxygen atoms in total. The van der Waals surface area contributed by atoms with Crippen LogP contribution in [0.15, 0.2) is 42.5 Å². The number of anilines is 1. The number of aliphatic hydroxyl groups excluding tert-OH is 1. The van der Waals surface area contributed by atoms with Crippen molar-refractivity contribution in [3.05, 3.63) is 65.0 Å². The molecule has 0 aliphatic rings. The van der Waals surface area contributed by atoms with Crippen molar-refractivity contribution in [3.8, 4) is 0 Å². The van der Waals surface area contributed by atoms with Gasteiger partial charge in [0.1, 0.15) is 5.82 Å². The lowest BCUT2D eigenvalue weighted by Gasteiger charge is -2.08. The first-order chi connectivity index (χ1) is 10.1. The van der Waals surface area contributed by atoms with Gasteiger partial charge in [0.2, 0.25) is 0 Å². The third-order valence-corrected chi connectivity index (χ3v) is 3.18. The summed E-state index contributed by atoms with van der Waals surface area (Å²) >= 11 is 0. The number of carbonyl (C=O) groups excluding carboxylic acids is 1. The van der Waals surface area contributed by atoms with E-state index in [2.05, 4.69) is 5.32 Å². The Balaban J connectivity index is 2.12. The SMILES string of the molecule is Cc1ccc(C(=O)Nc2cccc(CCCO)c2)c(F)c1. The quantitative estimate of drug-likeness (QED) is 0.886. The first kappa shape index (κ1) is 15.2. The van der Waals surface area contributed by atoms with Gasteiger partial charge >= 0.3 is 0 Å². The van der Waals surface area contributed by atoms with Crippen molar-refractivity contribution in [1.82, 2.24) is 0 Å². The van der Waals surface area contributed by atoms with E-state index in [4.69, 9.17) is 5.11 Å². The molecule has 0 unspecified atom stereocenters. The van der Waals surface area contributed by atoms with Gasteiger partial charge in [-0.15, -0.1) is 0 Å². The summed E-state index contributed by atoms with van der Waals surface area (Å²) in [6.07, 6.45) is 1.41. The molecule has 110 valence electrons. The second-order valence-corrected chi connectivity index (χ2v) is 4.96. The summed E-state index contributed by atoms with van der Waals surface area (Å²) in [6.45, 7) is 1.90. The monoisotopic (exact) mass is 287 g/mol. The summed E-state index contributed by atoms with van der Waals surface area (Å²) in [4.78, 5) is 12.1. The van der Waals surface area contributed by atoms with Gasteiger partial charge in [0.05, 0.1) is 5.56 Å². The molecule has 1 amide bonds. The number of amides is 1. The highest BCUT2D eigenvalue weighted by Crippen LogP contribution is 2.15. The number of nitrogens with one attached hydrogen (secondary N) is 1. The van der Waals surface area contributed by atoms with E-state index in [-0.39, 0.29) is 12.2 Å². The van der Waals surface area contributed by atoms with E-state index >= 15 is 0 Å². The van der Waals surface area contributed by atoms with E-state index in [1.54, 1.807) is 19.1 Å². The van der Waals surface area contributed by atoms with E-state index in [1.165, 1.54) is 12.1 Å². The molecule has 0 aliphatic carbocycles. The van der Waals surface area contributed by atoms with Crippen molar-refractivity contribution in [3.63, 3.8) is 0 Å². The number of hydrogen-bond acceptors (Lipinski definition) is 2. The zero-order chi connectivity index (χ0) is 15.2. The van der Waals surface area contributed by atoms with Gasteiger partial charge in [-0.3, -0.25) is 4.79 Å². The molecule has 4 heteroatoms. The highest BCUT2D eigenvalue weighted by molar-refractivity contribution is 6.04. The fourth-order valence-corrected chi connectivity index (χ4v) is 2.09. The predicted molar refractivity (Wildman–Crippen MR) is 80.9 cm³/mol. The molecule has 0 heterocycles. The van der Waals surface area contributed by atoms with Crippen molar-refractivity contribution >= 4 is 11.6 Å². The van der Waals surface area contributed by atoms with Crippen molar-refractivity contribution in [2.45, 2.75) is 19.8 Å². The lowest BCUT2D eigenvalue weighted by Crippen LogP contribution is -2.14. The summed E-state index contributed by atoms with van der Waals surface area (Å²) in [5, 5.41) is 11.5. The number of aryl methyl sites for hydroxylation is 2. The van der Waals surface area contributed by atoms with Gasteiger partial charge in [-0.2, -0.15) is 0 Å². The molecule has 0 aromatic heterocycles. The molecule has 0 saturated carbocycles. The first-order valence-electron chi connectivity index (χ1n) is 6.87. The Bertz CT molecular complexity index is 640. The number of aliphatic hydroxyl groups is 1. The maximum absolute atomic E-state index is 13.8. The third-order valence-electron chi connectivity index (χ3n) is 3.18. The number of hydrogen-bond donors (Lipinski definition) is 2. The normalized spacial score (nSPS) is 10.4. The van der Waals surface area contributed by atoms with E-state index in [0.717, 1.165) is 17.5 Å². The second-order valence-electron chi connectivity index (χ2n) is 4.96. The van der Waals surface area contributed by atoms with Crippen LogP contribution >= 0.6 is 0 Å². The standard InChI is InChI=1S/C17H18FNO2/c1-12-7-8-15(16(18)10-12)17(21)19-14-6-2-4-13(11-14)5-3-9-20/h2,4,6-8,10-11,20H,3,5,9H2,1H3,(H,19,21). The summed E-state index contributed by atoms with van der Waals surface area (Å²) in [7, 11) is 0. The van der Waals surface area contributed by atoms with Gasteiger partial charge in [0.25, 0.3) is 5.91 Å². The number of halogens is 1. The van der Waals surface area contributed by atoms with Crippen LogP contribution in [0.4, 0.5) is 10.1 Å². The lowest BCUT2D eigenvalue weighted by atomic mass is 10.1. The summed E-state index contributed by atoms with van der Waals surface area (Å²) in [5.74, 6) is -0.990. The van der Waals surface area contributed by atoms with Crippen LogP contribution in [0.25, 0.3) is 0 Å². The molecule has 0 radical (unpaired) electrons. The predicted octanol–water partition coefficient (Wildman–Crippen LogP) is 3.31. The fraction of sp³-hybridized carbons (Fsp3) is 0.235. The summed E-state index contributed by atoms with van der Waals surface area (Å²) in [6, 6.07) is 11.9. The molecular formula is C17H18FNO2. The Labute approximate surface area is 123 Å². The van der Waals surface area contributed by atoms with Crippen LogP contribution in [-0.4, -0.2) is 17.6 Å². The molecule has 0 saturated heterocycles. The zero-order valence-corrected chi connectivity index (χ0v) is 11.9. The average molecular weight is 287 g/mol. The van der Waals surface area contributed by atoms with Crippen LogP contribution < -0.4 is 5.32 Å². The van der Waals surface area contributed by atoms with E-state index in [9.17, 15) is 9.18 Å². The number of rotatable bonds is 5. The van der Waals surface area contributed by atoms with Gasteiger partial charge < -0.3 is 10.4 Å². The van der Waals surface area contributed by atoms with E-state index in [1.807, 2.05) is 18.2 Å². The van der Waals surface area contributed by atoms with Crippen LogP contribution in [0.2, 0.25) is 0 Å². The van der Waals surface area contributed by atoms with Gasteiger partial charge in [0.15, 0.2) is 0 Å². The van der Waals surface area contributed by atoms with E-state index < -0.39 is 11.7 Å². The Morgan fingerprint density at radius 2 is 2.05 bits per heavy atom. The average Bonchev–Trinajstić information content (AvgIpc) is 2.45. The Kier molecular flexibility index (Phi) is 5.06. The molecule has 2 N–H and O–H groups in total. The lowest BCUT2D eigenvalue weighted by molar-refractivity contribution is 0.102. The van der Waals surface area contributed by atoms with Crippen LogP contribution in [0.1, 0.15) is 27.9 Å². The van der Waals surface area contributed by atoms with Crippen molar-refractivity contribution in [1.29, 1.82) is 0 Å². The maximum Gasteiger partial charge on any atom is 0.258 e. The largest absolute Gasteiger partial charge is 0.396 e. The molecule has 21 heavy (non-hydrogen) atoms. The zero-order valence-electron chi connectivity index (χ0n) is 11.9. The number of carbonyl (C=O) groups is 1. The van der Waals surface area contributed by atoms with Crippen molar-refractivity contribution in [2.75, 3.05) is 11.9 Å². The van der Waals surface area contributed by atoms with Crippen LogP contribution in [0.3, 0.4) is 0 Å². The minimum absolute atomic E-state index is 0.0290. The molecule has 0 aliphatic heterocycles. The second kappa shape index (κ2) is 6.99. The maximum atomic E-state index is 13.8. The Morgan fingerprint density at radius 3 is 2.76 bits per heavy atom. The highest BCUT2D eigenvalue weighted by atomic mass is 19.1. The van der Waals surface area contributed by atoms with Gasteiger partial charge in [-0.1, -0.05) is 18.2 Å². The highest BCUT2D eigenvalue weighted by Gasteiger charge is 2.11. The van der Waals surface area contributed by atoms with E-state index in [0.29, 0.717) is 12.1 Å². The summed E-state index contributed by atoms with van der Waals surface area (Å²) < 4.78 is 13.8. The van der Waals surface area contributed by atoms with Crippen LogP contribution in [0, 0.1) is 12.7 Å². The third kappa shape index (κ3) is 4.13. The van der Waals surface area contributed by atoms with Crippen molar-refractivity contribution in [2.24, 2.45) is 0 Å². The summed E-state index contributed by atoms with van der Waals surface area (Å²) in [5.41, 5.74) is 2.44. The first-order valence-corrected chi connectivity index (χ1v) is 6.87. The minimum atomic E-state index is -0.524. The minimum Gasteiger partial charge on any atom is -0.396 e. The topological polar surface area (TPSA) is 49.3 Å². The smallest absolute Gasteiger partial charge is 0.258 e. The molecule has 0 fully saturated rings. The van der Waals surface area contributed by atoms with Gasteiger partial charge in [-0.05, 0) is 55.2 Å². The Hall–Kier alpha value is -2.20. The molecule has 2 aromatic carbocycles. The Morgan fingerprint density at radius 1 is 1.24 bits per heavy atom.